The minimum absolute atomic E-state index is 0.0438. The van der Waals surface area contributed by atoms with Gasteiger partial charge in [0.05, 0.1) is 13.7 Å². The van der Waals surface area contributed by atoms with E-state index >= 15 is 0 Å². The van der Waals surface area contributed by atoms with Crippen LogP contribution in [0.15, 0.2) is 48.5 Å². The molecule has 0 atom stereocenters. The van der Waals surface area contributed by atoms with Crippen LogP contribution in [0.25, 0.3) is 0 Å². The second-order valence-electron chi connectivity index (χ2n) is 4.95. The molecule has 0 heterocycles. The predicted octanol–water partition coefficient (Wildman–Crippen LogP) is 3.15. The van der Waals surface area contributed by atoms with Crippen molar-refractivity contribution in [2.24, 2.45) is 0 Å². The van der Waals surface area contributed by atoms with Crippen molar-refractivity contribution >= 4 is 5.78 Å². The van der Waals surface area contributed by atoms with E-state index in [9.17, 15) is 9.18 Å². The molecule has 0 aliphatic carbocycles. The van der Waals surface area contributed by atoms with Crippen molar-refractivity contribution < 1.29 is 13.9 Å². The molecular formula is C17H18FNO2. The van der Waals surface area contributed by atoms with Crippen molar-refractivity contribution in [1.82, 2.24) is 4.90 Å². The molecule has 0 spiro atoms. The standard InChI is InChI=1S/C17H18FNO2/c1-19(11-13-3-7-15(18)8-4-13)12-17(20)14-5-9-16(21-2)10-6-14/h3-10H,11-12H2,1-2H3. The summed E-state index contributed by atoms with van der Waals surface area (Å²) >= 11 is 0. The predicted molar refractivity (Wildman–Crippen MR) is 80.1 cm³/mol. The Labute approximate surface area is 124 Å². The van der Waals surface area contributed by atoms with Crippen LogP contribution in [0.4, 0.5) is 4.39 Å². The lowest BCUT2D eigenvalue weighted by molar-refractivity contribution is 0.0943. The van der Waals surface area contributed by atoms with Gasteiger partial charge >= 0.3 is 0 Å². The van der Waals surface area contributed by atoms with Gasteiger partial charge in [-0.15, -0.1) is 0 Å². The molecule has 0 aromatic heterocycles. The van der Waals surface area contributed by atoms with Gasteiger partial charge in [0.15, 0.2) is 5.78 Å². The molecule has 0 amide bonds. The molecule has 0 aliphatic rings. The maximum atomic E-state index is 12.8. The molecule has 2 aromatic carbocycles. The number of ether oxygens (including phenoxy) is 1. The van der Waals surface area contributed by atoms with E-state index in [0.29, 0.717) is 18.7 Å². The number of Topliss-reactive ketones (excluding diaryl/α,β-unsaturated/α-hetero) is 1. The molecule has 4 heteroatoms. The third-order valence-electron chi connectivity index (χ3n) is 3.19. The summed E-state index contributed by atoms with van der Waals surface area (Å²) in [5, 5.41) is 0. The topological polar surface area (TPSA) is 29.5 Å². The third-order valence-corrected chi connectivity index (χ3v) is 3.19. The lowest BCUT2D eigenvalue weighted by Crippen LogP contribution is -2.25. The van der Waals surface area contributed by atoms with Crippen LogP contribution in [0.2, 0.25) is 0 Å². The first-order chi connectivity index (χ1) is 10.1. The zero-order valence-corrected chi connectivity index (χ0v) is 12.2. The minimum atomic E-state index is -0.254. The summed E-state index contributed by atoms with van der Waals surface area (Å²) in [6.07, 6.45) is 0. The molecular weight excluding hydrogens is 269 g/mol. The fourth-order valence-electron chi connectivity index (χ4n) is 2.07. The summed E-state index contributed by atoms with van der Waals surface area (Å²) < 4.78 is 17.9. The van der Waals surface area contributed by atoms with Crippen molar-refractivity contribution in [2.75, 3.05) is 20.7 Å². The van der Waals surface area contributed by atoms with E-state index in [1.165, 1.54) is 12.1 Å². The van der Waals surface area contributed by atoms with Crippen molar-refractivity contribution in [1.29, 1.82) is 0 Å². The number of carbonyl (C=O) groups is 1. The second-order valence-corrected chi connectivity index (χ2v) is 4.95. The van der Waals surface area contributed by atoms with Crippen molar-refractivity contribution in [3.8, 4) is 5.75 Å². The first-order valence-electron chi connectivity index (χ1n) is 6.68. The first kappa shape index (κ1) is 15.2. The number of benzene rings is 2. The Hall–Kier alpha value is -2.20. The van der Waals surface area contributed by atoms with Crippen LogP contribution in [0.3, 0.4) is 0 Å². The van der Waals surface area contributed by atoms with Gasteiger partial charge in [-0.2, -0.15) is 0 Å². The highest BCUT2D eigenvalue weighted by atomic mass is 19.1. The average molecular weight is 287 g/mol. The Balaban J connectivity index is 1.93. The zero-order chi connectivity index (χ0) is 15.2. The summed E-state index contributed by atoms with van der Waals surface area (Å²) in [4.78, 5) is 14.1. The Morgan fingerprint density at radius 1 is 1.10 bits per heavy atom. The number of nitrogens with zero attached hydrogens (tertiary/aromatic N) is 1. The lowest BCUT2D eigenvalue weighted by atomic mass is 10.1. The molecule has 0 aliphatic heterocycles. The number of hydrogen-bond donors (Lipinski definition) is 0. The highest BCUT2D eigenvalue weighted by Crippen LogP contribution is 2.12. The molecule has 3 nitrogen and oxygen atoms in total. The maximum absolute atomic E-state index is 12.8. The van der Waals surface area contributed by atoms with Crippen molar-refractivity contribution in [3.63, 3.8) is 0 Å². The van der Waals surface area contributed by atoms with Crippen molar-refractivity contribution in [3.05, 3.63) is 65.5 Å². The Morgan fingerprint density at radius 3 is 2.29 bits per heavy atom. The quantitative estimate of drug-likeness (QED) is 0.764. The average Bonchev–Trinajstić information content (AvgIpc) is 2.49. The van der Waals surface area contributed by atoms with Crippen LogP contribution in [-0.2, 0) is 6.54 Å². The Bertz CT molecular complexity index is 593. The highest BCUT2D eigenvalue weighted by Gasteiger charge is 2.10. The lowest BCUT2D eigenvalue weighted by Gasteiger charge is -2.16. The SMILES string of the molecule is COc1ccc(C(=O)CN(C)Cc2ccc(F)cc2)cc1. The molecule has 2 rings (SSSR count). The Kier molecular flexibility index (Phi) is 5.06. The normalized spacial score (nSPS) is 10.7. The van der Waals surface area contributed by atoms with Crippen molar-refractivity contribution in [2.45, 2.75) is 6.54 Å². The van der Waals surface area contributed by atoms with Gasteiger partial charge in [-0.3, -0.25) is 9.69 Å². The largest absolute Gasteiger partial charge is 0.497 e. The van der Waals surface area contributed by atoms with Gasteiger partial charge in [-0.25, -0.2) is 4.39 Å². The molecule has 0 fully saturated rings. The fourth-order valence-corrected chi connectivity index (χ4v) is 2.07. The molecule has 0 bridgehead atoms. The summed E-state index contributed by atoms with van der Waals surface area (Å²) in [6, 6.07) is 13.4. The number of hydrogen-bond acceptors (Lipinski definition) is 3. The van der Waals surface area contributed by atoms with E-state index in [0.717, 1.165) is 11.3 Å². The highest BCUT2D eigenvalue weighted by molar-refractivity contribution is 5.97. The third kappa shape index (κ3) is 4.39. The molecule has 0 N–H and O–H groups in total. The summed E-state index contributed by atoms with van der Waals surface area (Å²) in [6.45, 7) is 0.909. The molecule has 0 saturated carbocycles. The van der Waals surface area contributed by atoms with E-state index in [1.807, 2.05) is 11.9 Å². The van der Waals surface area contributed by atoms with Gasteiger partial charge in [0.2, 0.25) is 0 Å². The molecule has 0 radical (unpaired) electrons. The fraction of sp³-hybridized carbons (Fsp3) is 0.235. The molecule has 2 aromatic rings. The minimum Gasteiger partial charge on any atom is -0.497 e. The van der Waals surface area contributed by atoms with Gasteiger partial charge in [0, 0.05) is 12.1 Å². The number of halogens is 1. The summed E-state index contributed by atoms with van der Waals surface area (Å²) in [7, 11) is 3.46. The summed E-state index contributed by atoms with van der Waals surface area (Å²) in [5.41, 5.74) is 1.63. The van der Waals surface area contributed by atoms with E-state index in [4.69, 9.17) is 4.74 Å². The number of likely N-dealkylation sites (N-methyl/N-ethyl adjacent to an activating group) is 1. The number of ketones is 1. The number of methoxy groups -OCH3 is 1. The second kappa shape index (κ2) is 6.99. The van der Waals surface area contributed by atoms with Crippen LogP contribution in [0.5, 0.6) is 5.75 Å². The van der Waals surface area contributed by atoms with E-state index in [1.54, 1.807) is 43.5 Å². The van der Waals surface area contributed by atoms with Gasteiger partial charge in [0.25, 0.3) is 0 Å². The molecule has 0 saturated heterocycles. The number of rotatable bonds is 6. The van der Waals surface area contributed by atoms with Crippen LogP contribution in [0.1, 0.15) is 15.9 Å². The van der Waals surface area contributed by atoms with Gasteiger partial charge in [-0.1, -0.05) is 12.1 Å². The van der Waals surface area contributed by atoms with Gasteiger partial charge in [0.1, 0.15) is 11.6 Å². The maximum Gasteiger partial charge on any atom is 0.176 e. The van der Waals surface area contributed by atoms with E-state index in [-0.39, 0.29) is 11.6 Å². The van der Waals surface area contributed by atoms with E-state index in [2.05, 4.69) is 0 Å². The summed E-state index contributed by atoms with van der Waals surface area (Å²) in [5.74, 6) is 0.518. The van der Waals surface area contributed by atoms with Crippen LogP contribution in [0, 0.1) is 5.82 Å². The molecule has 0 unspecified atom stereocenters. The Morgan fingerprint density at radius 2 is 1.71 bits per heavy atom. The smallest absolute Gasteiger partial charge is 0.176 e. The van der Waals surface area contributed by atoms with Gasteiger partial charge < -0.3 is 4.74 Å². The zero-order valence-electron chi connectivity index (χ0n) is 12.2. The van der Waals surface area contributed by atoms with Gasteiger partial charge in [-0.05, 0) is 49.0 Å². The molecule has 21 heavy (non-hydrogen) atoms. The molecule has 110 valence electrons. The number of carbonyl (C=O) groups excluding carboxylic acids is 1. The van der Waals surface area contributed by atoms with Crippen LogP contribution in [-0.4, -0.2) is 31.4 Å². The first-order valence-corrected chi connectivity index (χ1v) is 6.68. The monoisotopic (exact) mass is 287 g/mol. The van der Waals surface area contributed by atoms with Crippen LogP contribution >= 0.6 is 0 Å². The van der Waals surface area contributed by atoms with E-state index < -0.39 is 0 Å². The van der Waals surface area contributed by atoms with Crippen LogP contribution < -0.4 is 4.74 Å².